The van der Waals surface area contributed by atoms with Gasteiger partial charge in [0.25, 0.3) is 5.91 Å². The van der Waals surface area contributed by atoms with E-state index in [9.17, 15) is 36.3 Å². The first-order valence-electron chi connectivity index (χ1n) is 14.6. The lowest BCUT2D eigenvalue weighted by Crippen LogP contribution is -2.57. The van der Waals surface area contributed by atoms with Crippen molar-refractivity contribution in [3.63, 3.8) is 0 Å². The second kappa shape index (κ2) is 12.3. The second-order valence-electron chi connectivity index (χ2n) is 11.9. The van der Waals surface area contributed by atoms with Crippen LogP contribution in [0.15, 0.2) is 65.6 Å². The highest BCUT2D eigenvalue weighted by atomic mass is 35.5. The average Bonchev–Trinajstić information content (AvgIpc) is 3.72. The highest BCUT2D eigenvalue weighted by molar-refractivity contribution is 7.92. The molecule has 2 N–H and O–H groups in total. The van der Waals surface area contributed by atoms with Gasteiger partial charge in [-0.3, -0.25) is 14.4 Å². The molecule has 9 nitrogen and oxygen atoms in total. The number of aliphatic hydroxyl groups is 1. The number of anilines is 1. The summed E-state index contributed by atoms with van der Waals surface area (Å²) >= 11 is 6.39. The predicted molar refractivity (Wildman–Crippen MR) is 160 cm³/mol. The van der Waals surface area contributed by atoms with Crippen molar-refractivity contribution < 1.29 is 45.9 Å². The van der Waals surface area contributed by atoms with Gasteiger partial charge in [0.1, 0.15) is 5.92 Å². The number of amides is 1. The molecule has 14 heteroatoms. The minimum atomic E-state index is -4.29. The monoisotopic (exact) mass is 678 g/mol. The standard InChI is InChI=1S/C32H30ClF3N2O7S/c1-44-31(40)21-16-45-38(15-17-5-3-2-4-6-17)29(21)32(41)14-19-7-9-22(32)28(19)46(42,43)26-11-18(8-10-23(26)33)30(39)37-20-12-24(34)27(36)25(35)13-20/h2-6,8,10-13,19,21-22,28-29,41H,7,9,14-16H2,1H3,(H,37,39)/t19?,21?,22?,28-,29?,32-/m1/s1. The number of esters is 1. The van der Waals surface area contributed by atoms with Gasteiger partial charge in [0, 0.05) is 35.8 Å². The van der Waals surface area contributed by atoms with Gasteiger partial charge in [-0.2, -0.15) is 5.06 Å². The molecule has 1 aliphatic heterocycles. The highest BCUT2D eigenvalue weighted by Crippen LogP contribution is 2.58. The maximum absolute atomic E-state index is 14.3. The van der Waals surface area contributed by atoms with Crippen LogP contribution in [0.1, 0.15) is 35.2 Å². The van der Waals surface area contributed by atoms with Gasteiger partial charge in [-0.25, -0.2) is 21.6 Å². The maximum Gasteiger partial charge on any atom is 0.312 e. The zero-order valence-corrected chi connectivity index (χ0v) is 26.0. The molecule has 4 unspecified atom stereocenters. The molecule has 6 atom stereocenters. The zero-order chi connectivity index (χ0) is 33.0. The Balaban J connectivity index is 1.31. The Morgan fingerprint density at radius 3 is 2.46 bits per heavy atom. The van der Waals surface area contributed by atoms with Crippen LogP contribution in [-0.2, 0) is 30.8 Å². The van der Waals surface area contributed by atoms with Crippen LogP contribution in [0.25, 0.3) is 0 Å². The van der Waals surface area contributed by atoms with Crippen molar-refractivity contribution in [2.45, 2.75) is 47.6 Å². The fraction of sp³-hybridized carbons (Fsp3) is 0.375. The van der Waals surface area contributed by atoms with Crippen molar-refractivity contribution in [2.75, 3.05) is 19.0 Å². The first-order valence-corrected chi connectivity index (χ1v) is 16.5. The number of carbonyl (C=O) groups excluding carboxylic acids is 2. The van der Waals surface area contributed by atoms with E-state index in [0.29, 0.717) is 25.0 Å². The number of nitrogens with one attached hydrogen (secondary N) is 1. The Bertz CT molecular complexity index is 1770. The molecular weight excluding hydrogens is 649 g/mol. The van der Waals surface area contributed by atoms with Crippen LogP contribution in [0.5, 0.6) is 0 Å². The molecule has 2 aliphatic carbocycles. The van der Waals surface area contributed by atoms with E-state index in [1.807, 2.05) is 30.3 Å². The summed E-state index contributed by atoms with van der Waals surface area (Å²) in [6.45, 7) is 0.188. The van der Waals surface area contributed by atoms with Gasteiger partial charge in [-0.05, 0) is 48.9 Å². The molecule has 6 rings (SSSR count). The normalized spacial score (nSPS) is 27.6. The summed E-state index contributed by atoms with van der Waals surface area (Å²) in [4.78, 5) is 31.4. The topological polar surface area (TPSA) is 122 Å². The first kappa shape index (κ1) is 32.5. The number of nitrogens with zero attached hydrogens (tertiary/aromatic N) is 1. The molecule has 3 aromatic carbocycles. The molecular formula is C32H30ClF3N2O7S. The van der Waals surface area contributed by atoms with Crippen molar-refractivity contribution in [2.24, 2.45) is 17.8 Å². The lowest BCUT2D eigenvalue weighted by atomic mass is 9.74. The summed E-state index contributed by atoms with van der Waals surface area (Å²) in [6, 6.07) is 13.1. The van der Waals surface area contributed by atoms with Crippen LogP contribution < -0.4 is 5.32 Å². The summed E-state index contributed by atoms with van der Waals surface area (Å²) in [5.74, 6) is -8.39. The molecule has 0 radical (unpaired) electrons. The van der Waals surface area contributed by atoms with E-state index in [1.165, 1.54) is 19.2 Å². The van der Waals surface area contributed by atoms with Gasteiger partial charge in [-0.15, -0.1) is 0 Å². The quantitative estimate of drug-likeness (QED) is 0.255. The number of ether oxygens (including phenoxy) is 1. The van der Waals surface area contributed by atoms with Crippen LogP contribution in [0, 0.1) is 35.2 Å². The number of benzene rings is 3. The molecule has 3 fully saturated rings. The number of hydrogen-bond donors (Lipinski definition) is 2. The molecule has 244 valence electrons. The van der Waals surface area contributed by atoms with Crippen LogP contribution >= 0.6 is 11.6 Å². The molecule has 1 heterocycles. The van der Waals surface area contributed by atoms with Crippen LogP contribution in [0.3, 0.4) is 0 Å². The summed E-state index contributed by atoms with van der Waals surface area (Å²) < 4.78 is 74.4. The molecule has 2 saturated carbocycles. The third kappa shape index (κ3) is 5.57. The van der Waals surface area contributed by atoms with Crippen LogP contribution in [0.4, 0.5) is 18.9 Å². The van der Waals surface area contributed by atoms with Gasteiger partial charge in [0.05, 0.1) is 40.5 Å². The Labute approximate surface area is 268 Å². The van der Waals surface area contributed by atoms with Gasteiger partial charge in [-0.1, -0.05) is 41.9 Å². The summed E-state index contributed by atoms with van der Waals surface area (Å²) in [5, 5.41) is 14.9. The van der Waals surface area contributed by atoms with Crippen LogP contribution in [-0.4, -0.2) is 61.1 Å². The number of sulfone groups is 1. The number of halogens is 4. The number of fused-ring (bicyclic) bond motifs is 2. The Hall–Kier alpha value is -3.49. The van der Waals surface area contributed by atoms with Crippen molar-refractivity contribution in [1.29, 1.82) is 0 Å². The van der Waals surface area contributed by atoms with E-state index in [0.717, 1.165) is 11.6 Å². The summed E-state index contributed by atoms with van der Waals surface area (Å²) in [5.41, 5.74) is -1.35. The number of methoxy groups -OCH3 is 1. The highest BCUT2D eigenvalue weighted by Gasteiger charge is 2.67. The van der Waals surface area contributed by atoms with Crippen molar-refractivity contribution in [3.8, 4) is 0 Å². The van der Waals surface area contributed by atoms with Gasteiger partial charge in [0.2, 0.25) is 0 Å². The van der Waals surface area contributed by atoms with Gasteiger partial charge >= 0.3 is 5.97 Å². The number of carbonyl (C=O) groups is 2. The lowest BCUT2D eigenvalue weighted by Gasteiger charge is -2.42. The minimum Gasteiger partial charge on any atom is -0.469 e. The predicted octanol–water partition coefficient (Wildman–Crippen LogP) is 4.92. The zero-order valence-electron chi connectivity index (χ0n) is 24.5. The van der Waals surface area contributed by atoms with Gasteiger partial charge in [0.15, 0.2) is 27.3 Å². The third-order valence-corrected chi connectivity index (χ3v) is 12.2. The van der Waals surface area contributed by atoms with Crippen LogP contribution in [0.2, 0.25) is 5.02 Å². The molecule has 1 amide bonds. The van der Waals surface area contributed by atoms with E-state index in [2.05, 4.69) is 5.32 Å². The van der Waals surface area contributed by atoms with Gasteiger partial charge < -0.3 is 15.2 Å². The Morgan fingerprint density at radius 1 is 1.09 bits per heavy atom. The van der Waals surface area contributed by atoms with E-state index in [1.54, 1.807) is 5.06 Å². The SMILES string of the molecule is COC(=O)C1CON(Cc2ccccc2)C1[C@@]1(O)CC2CCC1[C@@H]2S(=O)(=O)c1cc(C(=O)Nc2cc(F)c(F)c(F)c2)ccc1Cl. The second-order valence-corrected chi connectivity index (χ2v) is 14.4. The fourth-order valence-electron chi connectivity index (χ4n) is 7.43. The van der Waals surface area contributed by atoms with E-state index in [4.69, 9.17) is 21.2 Å². The molecule has 46 heavy (non-hydrogen) atoms. The number of hydrogen-bond acceptors (Lipinski definition) is 8. The Kier molecular flexibility index (Phi) is 8.66. The Morgan fingerprint density at radius 2 is 1.78 bits per heavy atom. The minimum absolute atomic E-state index is 0.0495. The molecule has 3 aliphatic rings. The molecule has 0 spiro atoms. The smallest absolute Gasteiger partial charge is 0.312 e. The molecule has 0 aromatic heterocycles. The third-order valence-electron chi connectivity index (χ3n) is 9.35. The maximum atomic E-state index is 14.3. The van der Waals surface area contributed by atoms with Crippen molar-refractivity contribution >= 4 is 39.0 Å². The van der Waals surface area contributed by atoms with E-state index >= 15 is 0 Å². The number of rotatable bonds is 8. The van der Waals surface area contributed by atoms with Crippen molar-refractivity contribution in [3.05, 3.63) is 94.3 Å². The summed E-state index contributed by atoms with van der Waals surface area (Å²) in [6.07, 6.45) is 0.938. The van der Waals surface area contributed by atoms with Crippen molar-refractivity contribution in [1.82, 2.24) is 5.06 Å². The molecule has 2 bridgehead atoms. The average molecular weight is 679 g/mol. The summed E-state index contributed by atoms with van der Waals surface area (Å²) in [7, 11) is -3.05. The molecule has 3 aromatic rings. The van der Waals surface area contributed by atoms with E-state index < -0.39 is 73.8 Å². The largest absolute Gasteiger partial charge is 0.469 e. The first-order chi connectivity index (χ1) is 21.8. The lowest BCUT2D eigenvalue weighted by molar-refractivity contribution is -0.194. The fourth-order valence-corrected chi connectivity index (χ4v) is 10.3. The van der Waals surface area contributed by atoms with E-state index in [-0.39, 0.29) is 40.7 Å². The number of hydroxylamine groups is 2. The molecule has 1 saturated heterocycles.